The number of ketones is 2. The Kier molecular flexibility index (Phi) is 9.37. The SMILES string of the molecule is COc1cccc2[nH]c(C(=O)N3C[C@@H]4CCC[C@@H]4[C@H]3C(=O)N[C@@H](C[C@@H]3CCCC3=O)C(=O)C(=O)NCCOc3ccccc3)cc12. The molecular weight excluding hydrogens is 588 g/mol. The summed E-state index contributed by atoms with van der Waals surface area (Å²) in [7, 11) is 1.57. The summed E-state index contributed by atoms with van der Waals surface area (Å²) < 4.78 is 11.1. The van der Waals surface area contributed by atoms with Gasteiger partial charge in [0.1, 0.15) is 35.6 Å². The molecule has 0 bridgehead atoms. The lowest BCUT2D eigenvalue weighted by Crippen LogP contribution is -2.55. The first-order valence-electron chi connectivity index (χ1n) is 16.1. The lowest BCUT2D eigenvalue weighted by Gasteiger charge is -2.29. The second-order valence-corrected chi connectivity index (χ2v) is 12.5. The molecule has 0 unspecified atom stereocenters. The molecule has 5 atom stereocenters. The van der Waals surface area contributed by atoms with E-state index in [9.17, 15) is 24.0 Å². The maximum Gasteiger partial charge on any atom is 0.289 e. The molecule has 1 saturated heterocycles. The summed E-state index contributed by atoms with van der Waals surface area (Å²) in [6.45, 7) is 0.672. The topological polar surface area (TPSA) is 147 Å². The molecule has 6 rings (SSSR count). The number of H-pyrrole nitrogens is 1. The number of ether oxygens (including phenoxy) is 2. The van der Waals surface area contributed by atoms with Crippen LogP contribution in [0.15, 0.2) is 54.6 Å². The predicted octanol–water partition coefficient (Wildman–Crippen LogP) is 3.43. The van der Waals surface area contributed by atoms with E-state index < -0.39 is 35.6 Å². The van der Waals surface area contributed by atoms with Crippen molar-refractivity contribution in [1.29, 1.82) is 0 Å². The van der Waals surface area contributed by atoms with Crippen molar-refractivity contribution in [2.75, 3.05) is 26.8 Å². The number of carbonyl (C=O) groups is 5. The number of nitrogens with one attached hydrogen (secondary N) is 3. The van der Waals surface area contributed by atoms with Crippen LogP contribution in [0.1, 0.15) is 55.4 Å². The van der Waals surface area contributed by atoms with Crippen LogP contribution in [0.2, 0.25) is 0 Å². The number of amides is 3. The summed E-state index contributed by atoms with van der Waals surface area (Å²) >= 11 is 0. The van der Waals surface area contributed by atoms with Crippen molar-refractivity contribution in [3.63, 3.8) is 0 Å². The number of methoxy groups -OCH3 is 1. The fraction of sp³-hybridized carbons (Fsp3) is 0.457. The third-order valence-electron chi connectivity index (χ3n) is 9.70. The molecule has 46 heavy (non-hydrogen) atoms. The van der Waals surface area contributed by atoms with Gasteiger partial charge in [0, 0.05) is 29.8 Å². The standard InChI is InChI=1S/C35H40N4O7/c1-45-30-15-7-13-26-25(30)19-28(37-26)35(44)39-20-22-9-5-12-24(22)31(39)33(42)38-27(18-21-8-6-14-29(21)40)32(41)34(43)36-16-17-46-23-10-3-2-4-11-23/h2-4,7,10-11,13,15,19,21-22,24,27,31,37H,5-6,8-9,12,14,16-18,20H2,1H3,(H,36,43)(H,38,42)/t21-,22-,24-,27-,31-/m0/s1. The van der Waals surface area contributed by atoms with Gasteiger partial charge in [0.2, 0.25) is 11.7 Å². The average molecular weight is 629 g/mol. The molecule has 2 heterocycles. The second kappa shape index (κ2) is 13.8. The number of hydrogen-bond acceptors (Lipinski definition) is 7. The van der Waals surface area contributed by atoms with Crippen LogP contribution in [-0.4, -0.2) is 78.1 Å². The van der Waals surface area contributed by atoms with Crippen LogP contribution in [0.4, 0.5) is 0 Å². The molecule has 3 N–H and O–H groups in total. The minimum absolute atomic E-state index is 0.0338. The van der Waals surface area contributed by atoms with E-state index in [1.807, 2.05) is 36.4 Å². The van der Waals surface area contributed by atoms with Crippen LogP contribution in [0.25, 0.3) is 10.9 Å². The summed E-state index contributed by atoms with van der Waals surface area (Å²) in [4.78, 5) is 71.9. The third kappa shape index (κ3) is 6.49. The Hall–Kier alpha value is -4.67. The van der Waals surface area contributed by atoms with Crippen LogP contribution in [-0.2, 0) is 19.2 Å². The average Bonchev–Trinajstić information content (AvgIpc) is 3.86. The van der Waals surface area contributed by atoms with Crippen LogP contribution < -0.4 is 20.1 Å². The number of carbonyl (C=O) groups excluding carboxylic acids is 5. The molecule has 2 saturated carbocycles. The molecule has 3 aliphatic rings. The number of Topliss-reactive ketones (excluding diaryl/α,β-unsaturated/α-hetero) is 2. The molecule has 3 fully saturated rings. The normalized spacial score (nSPS) is 22.8. The number of aromatic nitrogens is 1. The van der Waals surface area contributed by atoms with E-state index in [2.05, 4.69) is 15.6 Å². The molecule has 0 radical (unpaired) electrons. The number of rotatable bonds is 12. The Morgan fingerprint density at radius 1 is 1.02 bits per heavy atom. The Balaban J connectivity index is 1.18. The monoisotopic (exact) mass is 628 g/mol. The Morgan fingerprint density at radius 2 is 1.85 bits per heavy atom. The molecule has 2 aromatic carbocycles. The molecule has 1 aromatic heterocycles. The van der Waals surface area contributed by atoms with Gasteiger partial charge in [0.15, 0.2) is 0 Å². The minimum Gasteiger partial charge on any atom is -0.496 e. The van der Waals surface area contributed by atoms with Crippen molar-refractivity contribution >= 4 is 40.2 Å². The van der Waals surface area contributed by atoms with Crippen LogP contribution in [0, 0.1) is 17.8 Å². The molecule has 242 valence electrons. The summed E-state index contributed by atoms with van der Waals surface area (Å²) in [5, 5.41) is 6.20. The molecule has 2 aliphatic carbocycles. The van der Waals surface area contributed by atoms with E-state index in [-0.39, 0.29) is 43.1 Å². The van der Waals surface area contributed by atoms with Crippen molar-refractivity contribution in [3.8, 4) is 11.5 Å². The highest BCUT2D eigenvalue weighted by atomic mass is 16.5. The number of aromatic amines is 1. The number of benzene rings is 2. The van der Waals surface area contributed by atoms with E-state index in [1.165, 1.54) is 0 Å². The lowest BCUT2D eigenvalue weighted by atomic mass is 9.91. The second-order valence-electron chi connectivity index (χ2n) is 12.5. The van der Waals surface area contributed by atoms with Gasteiger partial charge < -0.3 is 30.0 Å². The lowest BCUT2D eigenvalue weighted by molar-refractivity contribution is -0.141. The van der Waals surface area contributed by atoms with Crippen LogP contribution in [0.5, 0.6) is 11.5 Å². The predicted molar refractivity (Wildman–Crippen MR) is 169 cm³/mol. The molecule has 3 amide bonds. The van der Waals surface area contributed by atoms with E-state index in [4.69, 9.17) is 9.47 Å². The Bertz CT molecular complexity index is 1620. The zero-order valence-electron chi connectivity index (χ0n) is 26.0. The summed E-state index contributed by atoms with van der Waals surface area (Å²) in [6, 6.07) is 14.4. The third-order valence-corrected chi connectivity index (χ3v) is 9.70. The van der Waals surface area contributed by atoms with Gasteiger partial charge in [-0.25, -0.2) is 0 Å². The van der Waals surface area contributed by atoms with Crippen molar-refractivity contribution in [2.45, 2.75) is 57.0 Å². The van der Waals surface area contributed by atoms with Gasteiger partial charge in [-0.05, 0) is 74.3 Å². The van der Waals surface area contributed by atoms with Gasteiger partial charge >= 0.3 is 0 Å². The first kappa shape index (κ1) is 31.3. The number of para-hydroxylation sites is 1. The number of fused-ring (bicyclic) bond motifs is 2. The van der Waals surface area contributed by atoms with E-state index in [1.54, 1.807) is 30.2 Å². The van der Waals surface area contributed by atoms with Crippen molar-refractivity contribution in [1.82, 2.24) is 20.5 Å². The Morgan fingerprint density at radius 3 is 2.61 bits per heavy atom. The number of nitrogens with zero attached hydrogens (tertiary/aromatic N) is 1. The summed E-state index contributed by atoms with van der Waals surface area (Å²) in [5.41, 5.74) is 1.09. The molecular formula is C35H40N4O7. The first-order valence-corrected chi connectivity index (χ1v) is 16.1. The van der Waals surface area contributed by atoms with Gasteiger partial charge in [-0.3, -0.25) is 24.0 Å². The molecule has 1 aliphatic heterocycles. The van der Waals surface area contributed by atoms with Gasteiger partial charge in [-0.2, -0.15) is 0 Å². The van der Waals surface area contributed by atoms with E-state index in [0.717, 1.165) is 30.2 Å². The minimum atomic E-state index is -1.19. The quantitative estimate of drug-likeness (QED) is 0.206. The fourth-order valence-electron chi connectivity index (χ4n) is 7.43. The zero-order valence-corrected chi connectivity index (χ0v) is 26.0. The van der Waals surface area contributed by atoms with Crippen molar-refractivity contribution in [3.05, 3.63) is 60.3 Å². The molecule has 0 spiro atoms. The van der Waals surface area contributed by atoms with Gasteiger partial charge in [-0.1, -0.05) is 30.7 Å². The maximum atomic E-state index is 14.1. The van der Waals surface area contributed by atoms with E-state index >= 15 is 0 Å². The Labute approximate surface area is 267 Å². The first-order chi connectivity index (χ1) is 22.3. The van der Waals surface area contributed by atoms with Crippen molar-refractivity contribution in [2.24, 2.45) is 17.8 Å². The molecule has 11 heteroatoms. The van der Waals surface area contributed by atoms with Gasteiger partial charge in [0.25, 0.3) is 11.8 Å². The smallest absolute Gasteiger partial charge is 0.289 e. The highest BCUT2D eigenvalue weighted by Crippen LogP contribution is 2.43. The molecule has 11 nitrogen and oxygen atoms in total. The van der Waals surface area contributed by atoms with Gasteiger partial charge in [-0.15, -0.1) is 0 Å². The van der Waals surface area contributed by atoms with Crippen LogP contribution >= 0.6 is 0 Å². The van der Waals surface area contributed by atoms with E-state index in [0.29, 0.717) is 43.0 Å². The fourth-order valence-corrected chi connectivity index (χ4v) is 7.43. The largest absolute Gasteiger partial charge is 0.496 e. The summed E-state index contributed by atoms with van der Waals surface area (Å²) in [6.07, 6.45) is 4.44. The van der Waals surface area contributed by atoms with Crippen LogP contribution in [0.3, 0.4) is 0 Å². The number of likely N-dealkylation sites (tertiary alicyclic amines) is 1. The maximum absolute atomic E-state index is 14.1. The highest BCUT2D eigenvalue weighted by Gasteiger charge is 2.50. The highest BCUT2D eigenvalue weighted by molar-refractivity contribution is 6.38. The summed E-state index contributed by atoms with van der Waals surface area (Å²) in [5.74, 6) is -1.44. The van der Waals surface area contributed by atoms with Crippen molar-refractivity contribution < 1.29 is 33.4 Å². The van der Waals surface area contributed by atoms with Gasteiger partial charge in [0.05, 0.1) is 19.7 Å². The molecule has 3 aromatic rings. The number of hydrogen-bond donors (Lipinski definition) is 3. The zero-order chi connectivity index (χ0) is 32.2.